The molecule has 2 aromatic heterocycles. The third-order valence-corrected chi connectivity index (χ3v) is 3.88. The highest BCUT2D eigenvalue weighted by molar-refractivity contribution is 5.46. The van der Waals surface area contributed by atoms with Crippen molar-refractivity contribution < 1.29 is 4.52 Å². The summed E-state index contributed by atoms with van der Waals surface area (Å²) in [7, 11) is 0. The second-order valence-electron chi connectivity index (χ2n) is 5.30. The first-order chi connectivity index (χ1) is 9.74. The van der Waals surface area contributed by atoms with E-state index in [1.165, 1.54) is 0 Å². The molecule has 0 aliphatic carbocycles. The van der Waals surface area contributed by atoms with Gasteiger partial charge < -0.3 is 4.52 Å². The topological polar surface area (TPSA) is 75.9 Å². The van der Waals surface area contributed by atoms with Crippen LogP contribution >= 0.6 is 0 Å². The largest absolute Gasteiger partial charge is 0.339 e. The fraction of sp³-hybridized carbons (Fsp3) is 0.500. The summed E-state index contributed by atoms with van der Waals surface area (Å²) in [6, 6.07) is 6.58. The van der Waals surface area contributed by atoms with Crippen LogP contribution in [-0.4, -0.2) is 27.2 Å². The number of hydrogen-bond donors (Lipinski definition) is 2. The quantitative estimate of drug-likeness (QED) is 0.880. The highest BCUT2D eigenvalue weighted by atomic mass is 16.5. The molecule has 0 spiro atoms. The summed E-state index contributed by atoms with van der Waals surface area (Å²) in [5.41, 5.74) is 7.26. The van der Waals surface area contributed by atoms with Crippen LogP contribution < -0.4 is 10.9 Å². The molecule has 6 nitrogen and oxygen atoms in total. The molecule has 106 valence electrons. The van der Waals surface area contributed by atoms with E-state index in [9.17, 15) is 0 Å². The van der Waals surface area contributed by atoms with Gasteiger partial charge in [0.15, 0.2) is 0 Å². The second kappa shape index (κ2) is 5.68. The molecular formula is C14H19N5O. The Morgan fingerprint density at radius 2 is 2.00 bits per heavy atom. The van der Waals surface area contributed by atoms with E-state index in [2.05, 4.69) is 39.8 Å². The number of aryl methyl sites for hydroxylation is 1. The number of pyridine rings is 1. The van der Waals surface area contributed by atoms with Crippen LogP contribution in [0.2, 0.25) is 0 Å². The Bertz CT molecular complexity index is 546. The molecule has 3 heterocycles. The molecule has 2 N–H and O–H groups in total. The van der Waals surface area contributed by atoms with Crippen LogP contribution in [0.5, 0.6) is 0 Å². The van der Waals surface area contributed by atoms with Crippen LogP contribution in [0.4, 0.5) is 0 Å². The minimum absolute atomic E-state index is 0.461. The third kappa shape index (κ3) is 2.71. The maximum atomic E-state index is 5.31. The van der Waals surface area contributed by atoms with Gasteiger partial charge in [-0.15, -0.1) is 0 Å². The fourth-order valence-electron chi connectivity index (χ4n) is 2.66. The van der Waals surface area contributed by atoms with Crippen LogP contribution in [0.1, 0.15) is 26.2 Å². The fourth-order valence-corrected chi connectivity index (χ4v) is 2.66. The molecule has 1 saturated heterocycles. The van der Waals surface area contributed by atoms with Gasteiger partial charge in [0, 0.05) is 24.7 Å². The highest BCUT2D eigenvalue weighted by Gasteiger charge is 2.29. The number of rotatable bonds is 4. The summed E-state index contributed by atoms with van der Waals surface area (Å²) in [4.78, 5) is 8.63. The summed E-state index contributed by atoms with van der Waals surface area (Å²) in [6.07, 6.45) is 3.54. The standard InChI is InChI=1S/C14H19N5O/c1-9-11(10(2)18-17-9)6-7-13-16-14(19-20-13)12-5-3-4-8-15-12/h3-5,8-11,17-18H,6-7H2,1-2H3. The number of nitrogens with one attached hydrogen (secondary N) is 2. The second-order valence-corrected chi connectivity index (χ2v) is 5.30. The number of nitrogens with zero attached hydrogens (tertiary/aromatic N) is 3. The first-order valence-corrected chi connectivity index (χ1v) is 6.99. The molecule has 2 atom stereocenters. The van der Waals surface area contributed by atoms with Crippen molar-refractivity contribution in [2.24, 2.45) is 5.92 Å². The van der Waals surface area contributed by atoms with Gasteiger partial charge in [-0.25, -0.2) is 0 Å². The molecule has 1 aliphatic rings. The predicted octanol–water partition coefficient (Wildman–Crippen LogP) is 1.57. The molecule has 0 saturated carbocycles. The van der Waals surface area contributed by atoms with Crippen molar-refractivity contribution in [2.75, 3.05) is 0 Å². The number of hydrogen-bond acceptors (Lipinski definition) is 6. The first kappa shape index (κ1) is 13.2. The molecule has 3 rings (SSSR count). The molecule has 1 fully saturated rings. The van der Waals surface area contributed by atoms with E-state index in [4.69, 9.17) is 4.52 Å². The third-order valence-electron chi connectivity index (χ3n) is 3.88. The van der Waals surface area contributed by atoms with E-state index < -0.39 is 0 Å². The van der Waals surface area contributed by atoms with Gasteiger partial charge in [0.2, 0.25) is 11.7 Å². The minimum Gasteiger partial charge on any atom is -0.339 e. The van der Waals surface area contributed by atoms with Crippen LogP contribution in [-0.2, 0) is 6.42 Å². The van der Waals surface area contributed by atoms with Crippen molar-refractivity contribution in [1.82, 2.24) is 26.0 Å². The molecule has 20 heavy (non-hydrogen) atoms. The van der Waals surface area contributed by atoms with Crippen LogP contribution in [0.3, 0.4) is 0 Å². The maximum Gasteiger partial charge on any atom is 0.227 e. The van der Waals surface area contributed by atoms with Crippen molar-refractivity contribution in [2.45, 2.75) is 38.8 Å². The molecule has 0 amide bonds. The van der Waals surface area contributed by atoms with E-state index >= 15 is 0 Å². The van der Waals surface area contributed by atoms with Crippen molar-refractivity contribution >= 4 is 0 Å². The summed E-state index contributed by atoms with van der Waals surface area (Å²) >= 11 is 0. The molecule has 0 bridgehead atoms. The van der Waals surface area contributed by atoms with E-state index in [0.717, 1.165) is 18.5 Å². The Morgan fingerprint density at radius 1 is 1.20 bits per heavy atom. The zero-order chi connectivity index (χ0) is 13.9. The van der Waals surface area contributed by atoms with Gasteiger partial charge in [-0.3, -0.25) is 15.8 Å². The van der Waals surface area contributed by atoms with Crippen molar-refractivity contribution in [3.05, 3.63) is 30.3 Å². The smallest absolute Gasteiger partial charge is 0.227 e. The van der Waals surface area contributed by atoms with E-state index in [0.29, 0.717) is 29.7 Å². The highest BCUT2D eigenvalue weighted by Crippen LogP contribution is 2.21. The summed E-state index contributed by atoms with van der Waals surface area (Å²) in [5.74, 6) is 1.81. The Hall–Kier alpha value is -1.79. The molecule has 0 radical (unpaired) electrons. The molecule has 1 aliphatic heterocycles. The van der Waals surface area contributed by atoms with Crippen LogP contribution in [0.15, 0.2) is 28.9 Å². The lowest BCUT2D eigenvalue weighted by Gasteiger charge is -2.16. The Labute approximate surface area is 118 Å². The normalized spacial score (nSPS) is 26.0. The lowest BCUT2D eigenvalue weighted by atomic mass is 9.92. The van der Waals surface area contributed by atoms with E-state index in [1.54, 1.807) is 6.20 Å². The molecule has 2 unspecified atom stereocenters. The number of aromatic nitrogens is 3. The SMILES string of the molecule is CC1NNC(C)C1CCc1nc(-c2ccccn2)no1. The van der Waals surface area contributed by atoms with Crippen molar-refractivity contribution in [3.8, 4) is 11.5 Å². The van der Waals surface area contributed by atoms with Gasteiger partial charge in [-0.1, -0.05) is 11.2 Å². The van der Waals surface area contributed by atoms with E-state index in [1.807, 2.05) is 18.2 Å². The summed E-state index contributed by atoms with van der Waals surface area (Å²) in [5, 5.41) is 3.99. The monoisotopic (exact) mass is 273 g/mol. The molecule has 0 aromatic carbocycles. The zero-order valence-corrected chi connectivity index (χ0v) is 11.7. The molecular weight excluding hydrogens is 254 g/mol. The Kier molecular flexibility index (Phi) is 3.75. The van der Waals surface area contributed by atoms with Gasteiger partial charge in [-0.05, 0) is 38.3 Å². The zero-order valence-electron chi connectivity index (χ0n) is 11.7. The lowest BCUT2D eigenvalue weighted by Crippen LogP contribution is -2.30. The van der Waals surface area contributed by atoms with Gasteiger partial charge in [0.25, 0.3) is 0 Å². The number of hydrazine groups is 1. The van der Waals surface area contributed by atoms with Gasteiger partial charge in [-0.2, -0.15) is 4.98 Å². The Balaban J connectivity index is 1.63. The summed E-state index contributed by atoms with van der Waals surface area (Å²) < 4.78 is 5.31. The first-order valence-electron chi connectivity index (χ1n) is 6.99. The summed E-state index contributed by atoms with van der Waals surface area (Å²) in [6.45, 7) is 4.38. The maximum absolute atomic E-state index is 5.31. The van der Waals surface area contributed by atoms with E-state index in [-0.39, 0.29) is 0 Å². The minimum atomic E-state index is 0.461. The lowest BCUT2D eigenvalue weighted by molar-refractivity contribution is 0.347. The average molecular weight is 273 g/mol. The van der Waals surface area contributed by atoms with Crippen LogP contribution in [0, 0.1) is 5.92 Å². The predicted molar refractivity (Wildman–Crippen MR) is 74.5 cm³/mol. The van der Waals surface area contributed by atoms with Crippen molar-refractivity contribution in [3.63, 3.8) is 0 Å². The van der Waals surface area contributed by atoms with Gasteiger partial charge >= 0.3 is 0 Å². The van der Waals surface area contributed by atoms with Crippen LogP contribution in [0.25, 0.3) is 11.5 Å². The molecule has 2 aromatic rings. The molecule has 6 heteroatoms. The Morgan fingerprint density at radius 3 is 2.70 bits per heavy atom. The van der Waals surface area contributed by atoms with Gasteiger partial charge in [0.1, 0.15) is 5.69 Å². The van der Waals surface area contributed by atoms with Crippen molar-refractivity contribution in [1.29, 1.82) is 0 Å². The van der Waals surface area contributed by atoms with Gasteiger partial charge in [0.05, 0.1) is 0 Å². The average Bonchev–Trinajstić information content (AvgIpc) is 3.06.